The topological polar surface area (TPSA) is 15.3 Å². The molecule has 1 saturated heterocycles. The van der Waals surface area contributed by atoms with Crippen molar-refractivity contribution in [1.82, 2.24) is 10.2 Å². The molecular formula is C15H30N2. The molecule has 3 unspecified atom stereocenters. The minimum absolute atomic E-state index is 0.585. The van der Waals surface area contributed by atoms with E-state index in [1.165, 1.54) is 45.3 Å². The van der Waals surface area contributed by atoms with E-state index in [0.717, 1.165) is 18.0 Å². The zero-order valence-electron chi connectivity index (χ0n) is 12.1. The molecule has 2 rings (SSSR count). The lowest BCUT2D eigenvalue weighted by molar-refractivity contribution is 0.118. The van der Waals surface area contributed by atoms with Crippen molar-refractivity contribution in [2.45, 2.75) is 65.5 Å². The number of piperazine rings is 1. The summed E-state index contributed by atoms with van der Waals surface area (Å²) in [6.45, 7) is 13.3. The SMILES string of the molecule is CCC(C)C1CN(C2CCC(C)(C)C2)CCN1. The Morgan fingerprint density at radius 3 is 2.76 bits per heavy atom. The Hall–Kier alpha value is -0.0800. The molecule has 0 aromatic carbocycles. The Labute approximate surface area is 107 Å². The summed E-state index contributed by atoms with van der Waals surface area (Å²) in [4.78, 5) is 2.77. The van der Waals surface area contributed by atoms with Gasteiger partial charge in [-0.15, -0.1) is 0 Å². The van der Waals surface area contributed by atoms with Crippen molar-refractivity contribution in [3.63, 3.8) is 0 Å². The summed E-state index contributed by atoms with van der Waals surface area (Å²) >= 11 is 0. The van der Waals surface area contributed by atoms with Gasteiger partial charge in [-0.05, 0) is 30.6 Å². The highest BCUT2D eigenvalue weighted by Gasteiger charge is 2.36. The largest absolute Gasteiger partial charge is 0.311 e. The molecule has 0 aromatic heterocycles. The minimum Gasteiger partial charge on any atom is -0.311 e. The number of rotatable bonds is 3. The fourth-order valence-corrected chi connectivity index (χ4v) is 3.51. The quantitative estimate of drug-likeness (QED) is 0.813. The van der Waals surface area contributed by atoms with Crippen LogP contribution in [0.25, 0.3) is 0 Å². The molecule has 0 aromatic rings. The highest BCUT2D eigenvalue weighted by molar-refractivity contribution is 4.92. The summed E-state index contributed by atoms with van der Waals surface area (Å²) < 4.78 is 0. The molecule has 1 heterocycles. The second kappa shape index (κ2) is 5.27. The third-order valence-electron chi connectivity index (χ3n) is 5.03. The van der Waals surface area contributed by atoms with Crippen LogP contribution in [0.15, 0.2) is 0 Å². The lowest BCUT2D eigenvalue weighted by Crippen LogP contribution is -2.55. The van der Waals surface area contributed by atoms with Crippen molar-refractivity contribution in [2.75, 3.05) is 19.6 Å². The van der Waals surface area contributed by atoms with Crippen LogP contribution in [0.5, 0.6) is 0 Å². The third kappa shape index (κ3) is 3.23. The molecule has 1 aliphatic carbocycles. The van der Waals surface area contributed by atoms with E-state index >= 15 is 0 Å². The van der Waals surface area contributed by atoms with Crippen LogP contribution < -0.4 is 5.32 Å². The van der Waals surface area contributed by atoms with Crippen molar-refractivity contribution in [2.24, 2.45) is 11.3 Å². The third-order valence-corrected chi connectivity index (χ3v) is 5.03. The number of hydrogen-bond donors (Lipinski definition) is 1. The van der Waals surface area contributed by atoms with E-state index in [9.17, 15) is 0 Å². The second-order valence-electron chi connectivity index (χ2n) is 7.00. The van der Waals surface area contributed by atoms with Crippen molar-refractivity contribution in [3.8, 4) is 0 Å². The molecule has 2 nitrogen and oxygen atoms in total. The van der Waals surface area contributed by atoms with Crippen LogP contribution in [-0.2, 0) is 0 Å². The van der Waals surface area contributed by atoms with Gasteiger partial charge in [0.15, 0.2) is 0 Å². The van der Waals surface area contributed by atoms with Crippen molar-refractivity contribution in [3.05, 3.63) is 0 Å². The first-order valence-electron chi connectivity index (χ1n) is 7.49. The molecule has 0 spiro atoms. The van der Waals surface area contributed by atoms with Gasteiger partial charge in [0.05, 0.1) is 0 Å². The molecule has 100 valence electrons. The summed E-state index contributed by atoms with van der Waals surface area (Å²) in [5.74, 6) is 0.812. The molecule has 1 aliphatic heterocycles. The van der Waals surface area contributed by atoms with Crippen LogP contribution in [0.4, 0.5) is 0 Å². The van der Waals surface area contributed by atoms with E-state index in [-0.39, 0.29) is 0 Å². The zero-order valence-corrected chi connectivity index (χ0v) is 12.1. The fraction of sp³-hybridized carbons (Fsp3) is 1.00. The maximum absolute atomic E-state index is 3.70. The van der Waals surface area contributed by atoms with Gasteiger partial charge in [-0.25, -0.2) is 0 Å². The maximum Gasteiger partial charge on any atom is 0.0221 e. The van der Waals surface area contributed by atoms with Gasteiger partial charge in [0, 0.05) is 31.7 Å². The molecule has 1 N–H and O–H groups in total. The van der Waals surface area contributed by atoms with E-state index in [0.29, 0.717) is 5.41 Å². The molecular weight excluding hydrogens is 208 g/mol. The first-order valence-corrected chi connectivity index (χ1v) is 7.49. The molecule has 1 saturated carbocycles. The molecule has 2 aliphatic rings. The zero-order chi connectivity index (χ0) is 12.5. The second-order valence-corrected chi connectivity index (χ2v) is 7.00. The van der Waals surface area contributed by atoms with Crippen LogP contribution in [-0.4, -0.2) is 36.6 Å². The Morgan fingerprint density at radius 1 is 1.41 bits per heavy atom. The molecule has 0 bridgehead atoms. The number of nitrogens with zero attached hydrogens (tertiary/aromatic N) is 1. The van der Waals surface area contributed by atoms with Crippen LogP contribution in [0.2, 0.25) is 0 Å². The molecule has 3 atom stereocenters. The summed E-state index contributed by atoms with van der Waals surface area (Å²) in [5.41, 5.74) is 0.585. The Morgan fingerprint density at radius 2 is 2.18 bits per heavy atom. The number of nitrogens with one attached hydrogen (secondary N) is 1. The van der Waals surface area contributed by atoms with Gasteiger partial charge < -0.3 is 5.32 Å². The normalized spacial score (nSPS) is 36.0. The standard InChI is InChI=1S/C15H30N2/c1-5-12(2)14-11-17(9-8-16-14)13-6-7-15(3,4)10-13/h12-14,16H,5-11H2,1-4H3. The molecule has 2 heteroatoms. The maximum atomic E-state index is 3.70. The van der Waals surface area contributed by atoms with E-state index < -0.39 is 0 Å². The fourth-order valence-electron chi connectivity index (χ4n) is 3.51. The first-order chi connectivity index (χ1) is 8.02. The van der Waals surface area contributed by atoms with Crippen LogP contribution in [0.3, 0.4) is 0 Å². The summed E-state index contributed by atoms with van der Waals surface area (Å²) in [5, 5.41) is 3.70. The Kier molecular flexibility index (Phi) is 4.14. The molecule has 0 radical (unpaired) electrons. The average Bonchev–Trinajstić information content (AvgIpc) is 2.69. The summed E-state index contributed by atoms with van der Waals surface area (Å²) in [6, 6.07) is 1.58. The summed E-state index contributed by atoms with van der Waals surface area (Å²) in [7, 11) is 0. The highest BCUT2D eigenvalue weighted by atomic mass is 15.2. The predicted octanol–water partition coefficient (Wildman–Crippen LogP) is 2.89. The average molecular weight is 238 g/mol. The molecule has 0 amide bonds. The highest BCUT2D eigenvalue weighted by Crippen LogP contribution is 2.39. The van der Waals surface area contributed by atoms with Gasteiger partial charge in [0.1, 0.15) is 0 Å². The Bertz CT molecular complexity index is 249. The monoisotopic (exact) mass is 238 g/mol. The first kappa shape index (κ1) is 13.4. The summed E-state index contributed by atoms with van der Waals surface area (Å²) in [6.07, 6.45) is 5.53. The van der Waals surface area contributed by atoms with Gasteiger partial charge in [0.25, 0.3) is 0 Å². The van der Waals surface area contributed by atoms with Crippen LogP contribution >= 0.6 is 0 Å². The van der Waals surface area contributed by atoms with Crippen LogP contribution in [0.1, 0.15) is 53.4 Å². The van der Waals surface area contributed by atoms with E-state index in [4.69, 9.17) is 0 Å². The Balaban J connectivity index is 1.89. The van der Waals surface area contributed by atoms with Crippen molar-refractivity contribution >= 4 is 0 Å². The van der Waals surface area contributed by atoms with Crippen molar-refractivity contribution in [1.29, 1.82) is 0 Å². The van der Waals surface area contributed by atoms with E-state index in [2.05, 4.69) is 37.9 Å². The lowest BCUT2D eigenvalue weighted by atomic mass is 9.91. The number of hydrogen-bond acceptors (Lipinski definition) is 2. The van der Waals surface area contributed by atoms with E-state index in [1.54, 1.807) is 0 Å². The van der Waals surface area contributed by atoms with Crippen molar-refractivity contribution < 1.29 is 0 Å². The van der Waals surface area contributed by atoms with Gasteiger partial charge in [0.2, 0.25) is 0 Å². The van der Waals surface area contributed by atoms with Gasteiger partial charge in [-0.1, -0.05) is 34.1 Å². The van der Waals surface area contributed by atoms with E-state index in [1.807, 2.05) is 0 Å². The van der Waals surface area contributed by atoms with Gasteiger partial charge >= 0.3 is 0 Å². The minimum atomic E-state index is 0.585. The van der Waals surface area contributed by atoms with Gasteiger partial charge in [-0.2, -0.15) is 0 Å². The predicted molar refractivity (Wildman–Crippen MR) is 74.2 cm³/mol. The molecule has 2 fully saturated rings. The molecule has 17 heavy (non-hydrogen) atoms. The van der Waals surface area contributed by atoms with Gasteiger partial charge in [-0.3, -0.25) is 4.90 Å². The smallest absolute Gasteiger partial charge is 0.0221 e. The van der Waals surface area contributed by atoms with Crippen LogP contribution in [0, 0.1) is 11.3 Å². The lowest BCUT2D eigenvalue weighted by Gasteiger charge is -2.40.